The summed E-state index contributed by atoms with van der Waals surface area (Å²) >= 11 is 0. The third-order valence-corrected chi connectivity index (χ3v) is 4.48. The van der Waals surface area contributed by atoms with Gasteiger partial charge in [-0.3, -0.25) is 0 Å². The van der Waals surface area contributed by atoms with Crippen LogP contribution >= 0.6 is 0 Å². The Morgan fingerprint density at radius 2 is 1.21 bits per heavy atom. The van der Waals surface area contributed by atoms with E-state index in [1.165, 1.54) is 24.3 Å². The van der Waals surface area contributed by atoms with E-state index in [-0.39, 0.29) is 33.1 Å². The number of benzene rings is 2. The number of rotatable bonds is 3. The summed E-state index contributed by atoms with van der Waals surface area (Å²) in [5, 5.41) is 33.8. The lowest BCUT2D eigenvalue weighted by atomic mass is 9.91. The van der Waals surface area contributed by atoms with Crippen LogP contribution in [0.4, 0.5) is 0 Å². The lowest BCUT2D eigenvalue weighted by Crippen LogP contribution is -2.21. The number of oxime groups is 1. The fourth-order valence-corrected chi connectivity index (χ4v) is 3.20. The summed E-state index contributed by atoms with van der Waals surface area (Å²) in [7, 11) is 0. The van der Waals surface area contributed by atoms with Gasteiger partial charge in [0.25, 0.3) is 0 Å². The first-order chi connectivity index (χ1) is 13.5. The highest BCUT2D eigenvalue weighted by atomic mass is 16.4. The van der Waals surface area contributed by atoms with Crippen LogP contribution < -0.4 is 11.3 Å². The van der Waals surface area contributed by atoms with Crippen LogP contribution in [0.3, 0.4) is 0 Å². The first-order valence-electron chi connectivity index (χ1n) is 8.20. The van der Waals surface area contributed by atoms with Crippen LogP contribution in [0.15, 0.2) is 72.1 Å². The van der Waals surface area contributed by atoms with Crippen molar-refractivity contribution < 1.29 is 24.3 Å². The highest BCUT2D eigenvalue weighted by Crippen LogP contribution is 2.37. The van der Waals surface area contributed by atoms with Crippen LogP contribution in [0.5, 0.6) is 11.5 Å². The lowest BCUT2D eigenvalue weighted by molar-refractivity contribution is 0.320. The van der Waals surface area contributed by atoms with E-state index in [9.17, 15) is 19.8 Å². The monoisotopic (exact) mass is 379 g/mol. The highest BCUT2D eigenvalue weighted by molar-refractivity contribution is 5.89. The molecular formula is C20H13NO7. The molecule has 4 aromatic rings. The maximum Gasteiger partial charge on any atom is 0.344 e. The van der Waals surface area contributed by atoms with E-state index >= 15 is 0 Å². The van der Waals surface area contributed by atoms with Gasteiger partial charge in [-0.2, -0.15) is 0 Å². The molecule has 0 saturated heterocycles. The van der Waals surface area contributed by atoms with Gasteiger partial charge in [0.05, 0.1) is 34.0 Å². The molecule has 0 saturated carbocycles. The summed E-state index contributed by atoms with van der Waals surface area (Å²) in [5.41, 5.74) is -2.35. The third-order valence-electron chi connectivity index (χ3n) is 4.48. The molecule has 0 bridgehead atoms. The molecule has 140 valence electrons. The minimum atomic E-state index is -1.41. The molecule has 4 rings (SSSR count). The van der Waals surface area contributed by atoms with Crippen molar-refractivity contribution in [2.45, 2.75) is 5.92 Å². The average molecular weight is 379 g/mol. The summed E-state index contributed by atoms with van der Waals surface area (Å²) in [6.07, 6.45) is 0.835. The number of nitrogens with zero attached hydrogens (tertiary/aromatic N) is 1. The molecule has 0 radical (unpaired) electrons. The van der Waals surface area contributed by atoms with Crippen molar-refractivity contribution in [3.63, 3.8) is 0 Å². The van der Waals surface area contributed by atoms with Crippen LogP contribution in [0.2, 0.25) is 0 Å². The second kappa shape index (κ2) is 6.58. The van der Waals surface area contributed by atoms with E-state index in [1.807, 2.05) is 0 Å². The number of para-hydroxylation sites is 2. The van der Waals surface area contributed by atoms with E-state index in [0.29, 0.717) is 0 Å². The van der Waals surface area contributed by atoms with Crippen LogP contribution in [-0.2, 0) is 0 Å². The summed E-state index contributed by atoms with van der Waals surface area (Å²) in [4.78, 5) is 25.1. The fourth-order valence-electron chi connectivity index (χ4n) is 3.20. The quantitative estimate of drug-likeness (QED) is 0.216. The molecule has 2 aromatic carbocycles. The predicted octanol–water partition coefficient (Wildman–Crippen LogP) is 2.90. The van der Waals surface area contributed by atoms with Gasteiger partial charge < -0.3 is 24.3 Å². The Morgan fingerprint density at radius 1 is 0.786 bits per heavy atom. The van der Waals surface area contributed by atoms with Crippen molar-refractivity contribution in [2.75, 3.05) is 0 Å². The molecule has 0 aliphatic heterocycles. The van der Waals surface area contributed by atoms with Crippen molar-refractivity contribution >= 4 is 28.2 Å². The van der Waals surface area contributed by atoms with Gasteiger partial charge in [0.15, 0.2) is 0 Å². The van der Waals surface area contributed by atoms with Gasteiger partial charge >= 0.3 is 11.3 Å². The van der Waals surface area contributed by atoms with Crippen molar-refractivity contribution in [1.29, 1.82) is 0 Å². The van der Waals surface area contributed by atoms with Gasteiger partial charge in [0.1, 0.15) is 22.7 Å². The van der Waals surface area contributed by atoms with Gasteiger partial charge in [-0.15, -0.1) is 5.16 Å². The normalized spacial score (nSPS) is 11.8. The highest BCUT2D eigenvalue weighted by Gasteiger charge is 2.30. The molecule has 0 aliphatic rings. The van der Waals surface area contributed by atoms with Gasteiger partial charge in [-0.25, -0.2) is 9.59 Å². The molecule has 28 heavy (non-hydrogen) atoms. The molecular weight excluding hydrogens is 366 g/mol. The molecule has 2 aromatic heterocycles. The SMILES string of the molecule is O=c1oc2ccccc2c(O)c1C(/C=N/O)c1c(O)c2ccccc2oc1=O. The average Bonchev–Trinajstić information content (AvgIpc) is 2.68. The molecule has 8 heteroatoms. The fraction of sp³-hybridized carbons (Fsp3) is 0.0500. The van der Waals surface area contributed by atoms with Crippen LogP contribution in [-0.4, -0.2) is 21.6 Å². The lowest BCUT2D eigenvalue weighted by Gasteiger charge is -2.15. The van der Waals surface area contributed by atoms with E-state index in [2.05, 4.69) is 5.16 Å². The van der Waals surface area contributed by atoms with Crippen LogP contribution in [0.25, 0.3) is 21.9 Å². The Morgan fingerprint density at radius 3 is 1.64 bits per heavy atom. The van der Waals surface area contributed by atoms with Crippen molar-refractivity contribution in [2.24, 2.45) is 5.16 Å². The topological polar surface area (TPSA) is 133 Å². The van der Waals surface area contributed by atoms with Crippen molar-refractivity contribution in [3.05, 3.63) is 80.5 Å². The maximum atomic E-state index is 12.5. The molecule has 0 amide bonds. The Hall–Kier alpha value is -4.07. The summed E-state index contributed by atoms with van der Waals surface area (Å²) in [6, 6.07) is 12.5. The molecule has 0 fully saturated rings. The molecule has 0 spiro atoms. The van der Waals surface area contributed by atoms with E-state index < -0.39 is 28.7 Å². The number of fused-ring (bicyclic) bond motifs is 2. The van der Waals surface area contributed by atoms with Crippen LogP contribution in [0, 0.1) is 0 Å². The zero-order valence-electron chi connectivity index (χ0n) is 14.2. The smallest absolute Gasteiger partial charge is 0.344 e. The van der Waals surface area contributed by atoms with Crippen LogP contribution in [0.1, 0.15) is 17.0 Å². The Labute approximate surface area is 156 Å². The zero-order chi connectivity index (χ0) is 19.8. The first-order valence-corrected chi connectivity index (χ1v) is 8.20. The van der Waals surface area contributed by atoms with Crippen molar-refractivity contribution in [3.8, 4) is 11.5 Å². The second-order valence-corrected chi connectivity index (χ2v) is 6.04. The van der Waals surface area contributed by atoms with Gasteiger partial charge in [0.2, 0.25) is 0 Å². The second-order valence-electron chi connectivity index (χ2n) is 6.04. The summed E-state index contributed by atoms with van der Waals surface area (Å²) < 4.78 is 10.4. The Kier molecular flexibility index (Phi) is 4.08. The van der Waals surface area contributed by atoms with E-state index in [0.717, 1.165) is 6.21 Å². The van der Waals surface area contributed by atoms with Crippen molar-refractivity contribution in [1.82, 2.24) is 0 Å². The largest absolute Gasteiger partial charge is 0.507 e. The molecule has 2 heterocycles. The number of aromatic hydroxyl groups is 2. The zero-order valence-corrected chi connectivity index (χ0v) is 14.2. The summed E-state index contributed by atoms with van der Waals surface area (Å²) in [5.74, 6) is -2.32. The number of hydrogen-bond donors (Lipinski definition) is 3. The van der Waals surface area contributed by atoms with E-state index in [4.69, 9.17) is 14.0 Å². The number of hydrogen-bond acceptors (Lipinski definition) is 8. The standard InChI is InChI=1S/C20H13NO7/c22-17-10-5-1-3-7-13(10)27-19(24)15(17)12(9-21-26)16-18(23)11-6-2-4-8-14(11)28-20(16)25/h1-9,12,22-23,26H/b21-9+. The van der Waals surface area contributed by atoms with Gasteiger partial charge in [0, 0.05) is 0 Å². The minimum Gasteiger partial charge on any atom is -0.507 e. The molecule has 0 aliphatic carbocycles. The Balaban J connectivity index is 2.08. The predicted molar refractivity (Wildman–Crippen MR) is 100 cm³/mol. The minimum absolute atomic E-state index is 0.142. The summed E-state index contributed by atoms with van der Waals surface area (Å²) in [6.45, 7) is 0. The van der Waals surface area contributed by atoms with E-state index in [1.54, 1.807) is 24.3 Å². The molecule has 8 nitrogen and oxygen atoms in total. The molecule has 0 unspecified atom stereocenters. The Bertz CT molecular complexity index is 1250. The molecule has 0 atom stereocenters. The van der Waals surface area contributed by atoms with Gasteiger partial charge in [-0.1, -0.05) is 24.3 Å². The third kappa shape index (κ3) is 2.59. The first kappa shape index (κ1) is 17.3. The maximum absolute atomic E-state index is 12.5. The van der Waals surface area contributed by atoms with Gasteiger partial charge in [-0.05, 0) is 24.3 Å². The molecule has 3 N–H and O–H groups in total.